The minimum Gasteiger partial charge on any atom is -0.396 e. The fourth-order valence-electron chi connectivity index (χ4n) is 2.99. The molecule has 0 unspecified atom stereocenters. The topological polar surface area (TPSA) is 84.7 Å². The number of nitrogens with one attached hydrogen (secondary N) is 2. The van der Waals surface area contributed by atoms with Gasteiger partial charge in [-0.3, -0.25) is 5.32 Å². The lowest BCUT2D eigenvalue weighted by Gasteiger charge is -2.17. The van der Waals surface area contributed by atoms with Gasteiger partial charge in [0.2, 0.25) is 0 Å². The largest absolute Gasteiger partial charge is 0.447 e. The molecule has 7 nitrogen and oxygen atoms in total. The normalized spacial score (nSPS) is 11.8. The van der Waals surface area contributed by atoms with Crippen molar-refractivity contribution in [3.63, 3.8) is 0 Å². The third kappa shape index (κ3) is 13.1. The van der Waals surface area contributed by atoms with E-state index in [4.69, 9.17) is 0 Å². The van der Waals surface area contributed by atoms with Gasteiger partial charge in [-0.25, -0.2) is 9.59 Å². The van der Waals surface area contributed by atoms with Crippen LogP contribution in [-0.4, -0.2) is 70.9 Å². The van der Waals surface area contributed by atoms with E-state index in [0.717, 1.165) is 48.7 Å². The maximum absolute atomic E-state index is 13.1. The molecule has 0 saturated heterocycles. The number of hydrogen-bond donors (Lipinski definition) is 3. The van der Waals surface area contributed by atoms with Crippen LogP contribution < -0.4 is 10.6 Å². The Balaban J connectivity index is 5.30. The van der Waals surface area contributed by atoms with Gasteiger partial charge in [0.25, 0.3) is 5.17 Å². The molecule has 3 N–H and O–H groups in total. The highest BCUT2D eigenvalue weighted by Gasteiger charge is 2.28. The fourth-order valence-corrected chi connectivity index (χ4v) is 3.80. The van der Waals surface area contributed by atoms with Gasteiger partial charge in [0.15, 0.2) is 0 Å². The van der Waals surface area contributed by atoms with Crippen LogP contribution in [0.2, 0.25) is 0 Å². The minimum absolute atomic E-state index is 0.0387. The second-order valence-corrected chi connectivity index (χ2v) is 8.54. The van der Waals surface area contributed by atoms with Crippen molar-refractivity contribution in [2.45, 2.75) is 85.0 Å². The third-order valence-electron chi connectivity index (χ3n) is 4.77. The van der Waals surface area contributed by atoms with Gasteiger partial charge < -0.3 is 10.4 Å². The van der Waals surface area contributed by atoms with Gasteiger partial charge in [0.05, 0.1) is 26.7 Å². The highest BCUT2D eigenvalue weighted by atomic mass is 32.2. The summed E-state index contributed by atoms with van der Waals surface area (Å²) in [7, 11) is 1.51. The zero-order valence-electron chi connectivity index (χ0n) is 19.7. The van der Waals surface area contributed by atoms with Crippen LogP contribution in [0.3, 0.4) is 0 Å². The zero-order chi connectivity index (χ0) is 22.6. The number of unbranched alkanes of at least 4 members (excludes halogenated alkanes) is 8. The van der Waals surface area contributed by atoms with E-state index in [-0.39, 0.29) is 12.6 Å². The molecule has 0 aromatic carbocycles. The first-order chi connectivity index (χ1) is 14.5. The third-order valence-corrected chi connectivity index (χ3v) is 5.79. The number of nitrogens with zero attached hydrogens (tertiary/aromatic N) is 2. The molecule has 0 spiro atoms. The Morgan fingerprint density at radius 2 is 1.50 bits per heavy atom. The molecule has 0 saturated carbocycles. The molecule has 0 aliphatic carbocycles. The molecule has 0 heterocycles. The summed E-state index contributed by atoms with van der Waals surface area (Å²) in [4.78, 5) is 26.4. The van der Waals surface area contributed by atoms with Crippen molar-refractivity contribution < 1.29 is 19.3 Å². The van der Waals surface area contributed by atoms with E-state index >= 15 is 0 Å². The number of hydrogen-bond acceptors (Lipinski definition) is 4. The fraction of sp³-hybridized carbons (Fsp3) is 0.864. The summed E-state index contributed by atoms with van der Waals surface area (Å²) in [5, 5.41) is 16.1. The lowest BCUT2D eigenvalue weighted by atomic mass is 10.1. The molecule has 0 rings (SSSR count). The second-order valence-electron chi connectivity index (χ2n) is 7.46. The average molecular weight is 446 g/mol. The van der Waals surface area contributed by atoms with Gasteiger partial charge in [0.1, 0.15) is 0 Å². The smallest absolute Gasteiger partial charge is 0.396 e. The summed E-state index contributed by atoms with van der Waals surface area (Å²) in [6, 6.07) is -0.736. The lowest BCUT2D eigenvalue weighted by molar-refractivity contribution is -0.434. The molecule has 176 valence electrons. The van der Waals surface area contributed by atoms with E-state index in [9.17, 15) is 14.7 Å². The first-order valence-corrected chi connectivity index (χ1v) is 12.7. The number of thioether (sulfide) groups is 1. The summed E-state index contributed by atoms with van der Waals surface area (Å²) >= 11 is 1.44. The molecule has 30 heavy (non-hydrogen) atoms. The number of aliphatic hydroxyl groups excluding tert-OH is 1. The number of carbonyl (C=O) groups excluding carboxylic acids is 2. The van der Waals surface area contributed by atoms with Gasteiger partial charge in [-0.05, 0) is 19.8 Å². The predicted octanol–water partition coefficient (Wildman–Crippen LogP) is 4.39. The van der Waals surface area contributed by atoms with Crippen molar-refractivity contribution in [1.82, 2.24) is 15.5 Å². The van der Waals surface area contributed by atoms with Gasteiger partial charge in [-0.15, -0.1) is 0 Å². The summed E-state index contributed by atoms with van der Waals surface area (Å²) < 4.78 is 1.67. The number of amides is 4. The van der Waals surface area contributed by atoms with Crippen LogP contribution >= 0.6 is 11.8 Å². The number of urea groups is 2. The van der Waals surface area contributed by atoms with E-state index in [0.29, 0.717) is 18.8 Å². The summed E-state index contributed by atoms with van der Waals surface area (Å²) in [6.07, 6.45) is 11.3. The SMILES string of the molecule is CCCCCCCNC(SCCO)=[N+](CCCCCCC)C(=O)N(C)C(=O)NCC. The van der Waals surface area contributed by atoms with Crippen LogP contribution in [0.15, 0.2) is 0 Å². The zero-order valence-corrected chi connectivity index (χ0v) is 20.5. The van der Waals surface area contributed by atoms with E-state index < -0.39 is 6.03 Å². The Morgan fingerprint density at radius 1 is 0.900 bits per heavy atom. The lowest BCUT2D eigenvalue weighted by Crippen LogP contribution is -2.48. The van der Waals surface area contributed by atoms with E-state index in [1.807, 2.05) is 6.92 Å². The molecule has 8 heteroatoms. The van der Waals surface area contributed by atoms with Crippen LogP contribution in [0.1, 0.15) is 85.0 Å². The summed E-state index contributed by atoms with van der Waals surface area (Å²) in [6.45, 7) is 8.06. The monoisotopic (exact) mass is 445 g/mol. The molecule has 0 bridgehead atoms. The average Bonchev–Trinajstić information content (AvgIpc) is 2.75. The maximum atomic E-state index is 13.1. The second kappa shape index (κ2) is 19.7. The molecule has 4 amide bonds. The van der Waals surface area contributed by atoms with Crippen molar-refractivity contribution in [2.24, 2.45) is 0 Å². The Kier molecular flexibility index (Phi) is 18.8. The summed E-state index contributed by atoms with van der Waals surface area (Å²) in [5.74, 6) is 0.503. The van der Waals surface area contributed by atoms with Crippen LogP contribution in [0.4, 0.5) is 9.59 Å². The van der Waals surface area contributed by atoms with Crippen LogP contribution in [0.25, 0.3) is 0 Å². The van der Waals surface area contributed by atoms with Crippen molar-refractivity contribution in [3.8, 4) is 0 Å². The Bertz CT molecular complexity index is 501. The van der Waals surface area contributed by atoms with Crippen molar-refractivity contribution in [2.75, 3.05) is 39.0 Å². The molecule has 0 atom stereocenters. The van der Waals surface area contributed by atoms with Crippen molar-refractivity contribution in [1.29, 1.82) is 0 Å². The number of amidine groups is 1. The number of aliphatic hydroxyl groups is 1. The number of imide groups is 1. The quantitative estimate of drug-likeness (QED) is 0.151. The van der Waals surface area contributed by atoms with E-state index in [1.165, 1.54) is 50.9 Å². The van der Waals surface area contributed by atoms with E-state index in [1.54, 1.807) is 4.58 Å². The minimum atomic E-state index is -0.399. The molecule has 0 fully saturated rings. The van der Waals surface area contributed by atoms with Crippen molar-refractivity contribution in [3.05, 3.63) is 0 Å². The van der Waals surface area contributed by atoms with E-state index in [2.05, 4.69) is 24.5 Å². The van der Waals surface area contributed by atoms with Gasteiger partial charge in [-0.1, -0.05) is 77.0 Å². The van der Waals surface area contributed by atoms with Crippen LogP contribution in [0, 0.1) is 0 Å². The maximum Gasteiger partial charge on any atom is 0.447 e. The predicted molar refractivity (Wildman–Crippen MR) is 127 cm³/mol. The molecule has 0 aromatic rings. The molecule has 0 aliphatic rings. The first kappa shape index (κ1) is 28.7. The highest BCUT2D eigenvalue weighted by Crippen LogP contribution is 2.09. The van der Waals surface area contributed by atoms with Crippen LogP contribution in [-0.2, 0) is 0 Å². The Morgan fingerprint density at radius 3 is 2.07 bits per heavy atom. The first-order valence-electron chi connectivity index (χ1n) is 11.7. The van der Waals surface area contributed by atoms with Gasteiger partial charge in [-0.2, -0.15) is 9.48 Å². The Hall–Kier alpha value is -1.28. The highest BCUT2D eigenvalue weighted by molar-refractivity contribution is 8.13. The molecular formula is C22H45N4O3S+. The molecule has 0 aromatic heterocycles. The Labute approximate surface area is 188 Å². The molecule has 0 radical (unpaired) electrons. The molecular weight excluding hydrogens is 400 g/mol. The standard InChI is InChI=1S/C22H44N4O3S/c1-5-8-10-12-14-16-24-21(30-19-18-27)26(17-15-13-11-9-6-2)22(29)25(4)20(28)23-7-3/h27H,5-19H2,1-4H3,(H,23,28)/p+1. The van der Waals surface area contributed by atoms with Gasteiger partial charge >= 0.3 is 12.1 Å². The van der Waals surface area contributed by atoms with Crippen molar-refractivity contribution >= 4 is 29.0 Å². The summed E-state index contributed by atoms with van der Waals surface area (Å²) in [5.41, 5.74) is 0. The van der Waals surface area contributed by atoms with Crippen LogP contribution in [0.5, 0.6) is 0 Å². The number of rotatable bonds is 15. The molecule has 0 aliphatic heterocycles. The van der Waals surface area contributed by atoms with Gasteiger partial charge in [0, 0.05) is 12.3 Å². The number of carbonyl (C=O) groups is 2.